The number of aromatic nitrogens is 3. The first-order chi connectivity index (χ1) is 16.1. The van der Waals surface area contributed by atoms with Crippen LogP contribution in [0.15, 0.2) is 47.6 Å². The van der Waals surface area contributed by atoms with E-state index in [0.717, 1.165) is 48.9 Å². The molecule has 2 aliphatic rings. The van der Waals surface area contributed by atoms with Crippen molar-refractivity contribution in [3.05, 3.63) is 53.1 Å². The van der Waals surface area contributed by atoms with Crippen molar-refractivity contribution < 1.29 is 14.3 Å². The van der Waals surface area contributed by atoms with Gasteiger partial charge >= 0.3 is 0 Å². The number of para-hydroxylation sites is 1. The van der Waals surface area contributed by atoms with Crippen LogP contribution in [-0.4, -0.2) is 45.8 Å². The fourth-order valence-electron chi connectivity index (χ4n) is 3.90. The number of hydrogen-bond acceptors (Lipinski definition) is 7. The highest BCUT2D eigenvalue weighted by molar-refractivity contribution is 8.00. The van der Waals surface area contributed by atoms with E-state index in [4.69, 9.17) is 21.1 Å². The summed E-state index contributed by atoms with van der Waals surface area (Å²) in [4.78, 5) is 15.1. The minimum absolute atomic E-state index is 0.0888. The molecule has 2 aliphatic heterocycles. The highest BCUT2D eigenvalue weighted by Gasteiger charge is 2.26. The quantitative estimate of drug-likeness (QED) is 0.505. The van der Waals surface area contributed by atoms with Gasteiger partial charge in [-0.3, -0.25) is 9.36 Å². The maximum Gasteiger partial charge on any atom is 0.233 e. The molecule has 0 spiro atoms. The lowest BCUT2D eigenvalue weighted by atomic mass is 10.2. The predicted octanol–water partition coefficient (Wildman–Crippen LogP) is 4.05. The summed E-state index contributed by atoms with van der Waals surface area (Å²) in [6.07, 6.45) is 2.24. The summed E-state index contributed by atoms with van der Waals surface area (Å²) in [7, 11) is 0. The van der Waals surface area contributed by atoms with Gasteiger partial charge in [-0.25, -0.2) is 0 Å². The third kappa shape index (κ3) is 4.60. The highest BCUT2D eigenvalue weighted by Crippen LogP contribution is 2.34. The summed E-state index contributed by atoms with van der Waals surface area (Å²) >= 11 is 7.88. The Bertz CT molecular complexity index is 1160. The number of nitrogens with one attached hydrogen (secondary N) is 1. The number of fused-ring (bicyclic) bond motifs is 1. The maximum absolute atomic E-state index is 12.9. The molecule has 33 heavy (non-hydrogen) atoms. The molecule has 0 saturated carbocycles. The molecular weight excluding hydrogens is 462 g/mol. The molecule has 1 fully saturated rings. The molecule has 10 heteroatoms. The van der Waals surface area contributed by atoms with E-state index in [1.807, 2.05) is 54.0 Å². The smallest absolute Gasteiger partial charge is 0.233 e. The molecule has 1 N–H and O–H groups in total. The summed E-state index contributed by atoms with van der Waals surface area (Å²) < 4.78 is 12.7. The molecule has 3 heterocycles. The lowest BCUT2D eigenvalue weighted by molar-refractivity contribution is -0.120. The van der Waals surface area contributed by atoms with Gasteiger partial charge in [-0.05, 0) is 49.6 Å². The van der Waals surface area contributed by atoms with Gasteiger partial charge in [0.25, 0.3) is 0 Å². The number of halogens is 1. The standard InChI is InChI=1S/C23H24ClN5O3S/c1-15(21(30)25-13-16-8-9-19-20(12-16)32-14-31-19)33-23-27-26-22(28-10-4-5-11-28)29(23)18-7-3-2-6-17(18)24/h2-3,6-9,12,15H,4-5,10-11,13-14H2,1H3,(H,25,30)/t15-/m1/s1. The zero-order chi connectivity index (χ0) is 22.8. The normalized spacial score (nSPS) is 15.6. The van der Waals surface area contributed by atoms with Crippen LogP contribution in [0.5, 0.6) is 11.5 Å². The maximum atomic E-state index is 12.9. The van der Waals surface area contributed by atoms with Crippen molar-refractivity contribution in [1.82, 2.24) is 20.1 Å². The Morgan fingerprint density at radius 1 is 1.15 bits per heavy atom. The second-order valence-corrected chi connectivity index (χ2v) is 9.64. The Kier molecular flexibility index (Phi) is 6.32. The largest absolute Gasteiger partial charge is 0.454 e. The zero-order valence-corrected chi connectivity index (χ0v) is 19.7. The fourth-order valence-corrected chi connectivity index (χ4v) is 5.00. The van der Waals surface area contributed by atoms with Crippen LogP contribution >= 0.6 is 23.4 Å². The lowest BCUT2D eigenvalue weighted by Crippen LogP contribution is -2.30. The van der Waals surface area contributed by atoms with Gasteiger partial charge in [0, 0.05) is 19.6 Å². The Labute approximate surface area is 201 Å². The molecule has 1 atom stereocenters. The molecule has 0 bridgehead atoms. The molecule has 5 rings (SSSR count). The third-order valence-corrected chi connectivity index (χ3v) is 7.02. The van der Waals surface area contributed by atoms with Crippen LogP contribution in [0, 0.1) is 0 Å². The molecule has 0 radical (unpaired) electrons. The number of anilines is 1. The molecule has 172 valence electrons. The number of amides is 1. The Hall–Kier alpha value is -2.91. The van der Waals surface area contributed by atoms with Crippen LogP contribution in [0.2, 0.25) is 5.02 Å². The molecule has 8 nitrogen and oxygen atoms in total. The van der Waals surface area contributed by atoms with E-state index in [1.165, 1.54) is 11.8 Å². The van der Waals surface area contributed by atoms with Crippen LogP contribution in [-0.2, 0) is 11.3 Å². The number of nitrogens with zero attached hydrogens (tertiary/aromatic N) is 4. The van der Waals surface area contributed by atoms with Crippen LogP contribution in [0.25, 0.3) is 5.69 Å². The van der Waals surface area contributed by atoms with Gasteiger partial charge in [0.2, 0.25) is 18.6 Å². The van der Waals surface area contributed by atoms with Crippen molar-refractivity contribution in [1.29, 1.82) is 0 Å². The van der Waals surface area contributed by atoms with Gasteiger partial charge < -0.3 is 19.7 Å². The molecular formula is C23H24ClN5O3S. The van der Waals surface area contributed by atoms with Crippen molar-refractivity contribution in [3.8, 4) is 17.2 Å². The second kappa shape index (κ2) is 9.52. The lowest BCUT2D eigenvalue weighted by Gasteiger charge is -2.19. The first-order valence-corrected chi connectivity index (χ1v) is 12.1. The average molecular weight is 486 g/mol. The van der Waals surface area contributed by atoms with Crippen molar-refractivity contribution in [2.45, 2.75) is 36.7 Å². The SMILES string of the molecule is C[C@@H](Sc1nnc(N2CCCC2)n1-c1ccccc1Cl)C(=O)NCc1ccc2c(c1)OCO2. The van der Waals surface area contributed by atoms with E-state index in [9.17, 15) is 4.79 Å². The number of rotatable bonds is 7. The van der Waals surface area contributed by atoms with E-state index < -0.39 is 0 Å². The molecule has 0 unspecified atom stereocenters. The summed E-state index contributed by atoms with van der Waals surface area (Å²) in [5.74, 6) is 2.10. The van der Waals surface area contributed by atoms with E-state index >= 15 is 0 Å². The minimum atomic E-state index is -0.379. The van der Waals surface area contributed by atoms with E-state index in [0.29, 0.717) is 22.5 Å². The molecule has 1 aromatic heterocycles. The number of ether oxygens (including phenoxy) is 2. The number of benzene rings is 2. The average Bonchev–Trinajstić information content (AvgIpc) is 3.58. The van der Waals surface area contributed by atoms with Crippen molar-refractivity contribution in [2.24, 2.45) is 0 Å². The van der Waals surface area contributed by atoms with Gasteiger partial charge in [0.15, 0.2) is 16.7 Å². The van der Waals surface area contributed by atoms with Crippen LogP contribution in [0.1, 0.15) is 25.3 Å². The zero-order valence-electron chi connectivity index (χ0n) is 18.2. The summed E-state index contributed by atoms with van der Waals surface area (Å²) in [6.45, 7) is 4.35. The van der Waals surface area contributed by atoms with Gasteiger partial charge in [0.05, 0.1) is 16.0 Å². The van der Waals surface area contributed by atoms with E-state index in [2.05, 4.69) is 20.4 Å². The van der Waals surface area contributed by atoms with Crippen molar-refractivity contribution >= 4 is 35.2 Å². The first-order valence-electron chi connectivity index (χ1n) is 10.9. The molecule has 1 amide bonds. The Morgan fingerprint density at radius 3 is 2.76 bits per heavy atom. The topological polar surface area (TPSA) is 81.5 Å². The van der Waals surface area contributed by atoms with E-state index in [-0.39, 0.29) is 18.0 Å². The summed E-state index contributed by atoms with van der Waals surface area (Å²) in [5.41, 5.74) is 1.75. The predicted molar refractivity (Wildman–Crippen MR) is 128 cm³/mol. The van der Waals surface area contributed by atoms with Crippen LogP contribution in [0.4, 0.5) is 5.95 Å². The van der Waals surface area contributed by atoms with Gasteiger partial charge in [0.1, 0.15) is 0 Å². The van der Waals surface area contributed by atoms with Crippen molar-refractivity contribution in [2.75, 3.05) is 24.8 Å². The first kappa shape index (κ1) is 21.9. The molecule has 0 aliphatic carbocycles. The molecule has 2 aromatic carbocycles. The summed E-state index contributed by atoms with van der Waals surface area (Å²) in [5, 5.41) is 12.7. The number of hydrogen-bond donors (Lipinski definition) is 1. The highest BCUT2D eigenvalue weighted by atomic mass is 35.5. The Balaban J connectivity index is 1.32. The summed E-state index contributed by atoms with van der Waals surface area (Å²) in [6, 6.07) is 13.3. The monoisotopic (exact) mass is 485 g/mol. The van der Waals surface area contributed by atoms with Gasteiger partial charge in [-0.2, -0.15) is 0 Å². The van der Waals surface area contributed by atoms with Crippen LogP contribution in [0.3, 0.4) is 0 Å². The Morgan fingerprint density at radius 2 is 1.94 bits per heavy atom. The fraction of sp³-hybridized carbons (Fsp3) is 0.348. The second-order valence-electron chi connectivity index (χ2n) is 7.93. The number of carbonyl (C=O) groups excluding carboxylic acids is 1. The number of carbonyl (C=O) groups is 1. The van der Waals surface area contributed by atoms with Gasteiger partial charge in [-0.15, -0.1) is 10.2 Å². The van der Waals surface area contributed by atoms with Crippen LogP contribution < -0.4 is 19.7 Å². The minimum Gasteiger partial charge on any atom is -0.454 e. The molecule has 1 saturated heterocycles. The van der Waals surface area contributed by atoms with E-state index in [1.54, 1.807) is 0 Å². The van der Waals surface area contributed by atoms with Crippen molar-refractivity contribution in [3.63, 3.8) is 0 Å². The third-order valence-electron chi connectivity index (χ3n) is 5.65. The van der Waals surface area contributed by atoms with Gasteiger partial charge in [-0.1, -0.05) is 41.6 Å². The number of thioether (sulfide) groups is 1. The molecule has 3 aromatic rings.